The van der Waals surface area contributed by atoms with E-state index in [1.54, 1.807) is 19.6 Å². The third-order valence-corrected chi connectivity index (χ3v) is 3.00. The van der Waals surface area contributed by atoms with Gasteiger partial charge in [-0.3, -0.25) is 0 Å². The summed E-state index contributed by atoms with van der Waals surface area (Å²) in [4.78, 5) is 0. The first kappa shape index (κ1) is 10.1. The van der Waals surface area contributed by atoms with Gasteiger partial charge in [0.25, 0.3) is 0 Å². The molecule has 1 aliphatic heterocycles. The molecule has 0 saturated carbocycles. The molecule has 0 fully saturated rings. The molecular formula is C13H14N2O2. The number of methoxy groups -OCH3 is 1. The summed E-state index contributed by atoms with van der Waals surface area (Å²) < 4.78 is 10.5. The number of nitrogens with one attached hydrogen (secondary N) is 2. The number of hydrogen-bond donors (Lipinski definition) is 2. The van der Waals surface area contributed by atoms with Crippen LogP contribution in [-0.2, 0) is 0 Å². The van der Waals surface area contributed by atoms with Gasteiger partial charge in [0.1, 0.15) is 18.3 Å². The van der Waals surface area contributed by atoms with Crippen LogP contribution in [0.15, 0.2) is 41.2 Å². The number of rotatable bonds is 2. The number of anilines is 2. The van der Waals surface area contributed by atoms with Gasteiger partial charge >= 0.3 is 0 Å². The molecular weight excluding hydrogens is 216 g/mol. The van der Waals surface area contributed by atoms with Crippen LogP contribution in [0.5, 0.6) is 5.75 Å². The van der Waals surface area contributed by atoms with Crippen molar-refractivity contribution in [1.29, 1.82) is 0 Å². The van der Waals surface area contributed by atoms with Crippen LogP contribution in [0, 0.1) is 0 Å². The van der Waals surface area contributed by atoms with Crippen molar-refractivity contribution in [3.63, 3.8) is 0 Å². The average Bonchev–Trinajstić information content (AvgIpc) is 2.85. The van der Waals surface area contributed by atoms with Gasteiger partial charge in [-0.25, -0.2) is 0 Å². The van der Waals surface area contributed by atoms with E-state index in [0.29, 0.717) is 0 Å². The summed E-state index contributed by atoms with van der Waals surface area (Å²) in [6, 6.07) is 8.23. The first-order valence-corrected chi connectivity index (χ1v) is 5.58. The second-order valence-corrected chi connectivity index (χ2v) is 4.02. The van der Waals surface area contributed by atoms with E-state index in [2.05, 4.69) is 16.7 Å². The minimum atomic E-state index is 0.191. The lowest BCUT2D eigenvalue weighted by molar-refractivity contribution is 0.407. The highest BCUT2D eigenvalue weighted by molar-refractivity contribution is 5.70. The standard InChI is InChI=1S/C13H14N2O2/c1-16-13-5-3-2-4-9(13)10-6-14-11-7-17-8-12(11)15-10/h2-5,7-8,10,14-15H,6H2,1H3. The molecule has 0 spiro atoms. The largest absolute Gasteiger partial charge is 0.496 e. The van der Waals surface area contributed by atoms with Crippen molar-refractivity contribution in [3.05, 3.63) is 42.4 Å². The van der Waals surface area contributed by atoms with Gasteiger partial charge in [0.2, 0.25) is 0 Å². The zero-order chi connectivity index (χ0) is 11.7. The third kappa shape index (κ3) is 1.71. The Labute approximate surface area is 99.6 Å². The molecule has 4 heteroatoms. The number of para-hydroxylation sites is 1. The number of furan rings is 1. The summed E-state index contributed by atoms with van der Waals surface area (Å²) >= 11 is 0. The minimum absolute atomic E-state index is 0.191. The molecule has 0 saturated heterocycles. The van der Waals surface area contributed by atoms with Gasteiger partial charge in [-0.2, -0.15) is 0 Å². The maximum absolute atomic E-state index is 5.38. The van der Waals surface area contributed by atoms with Crippen LogP contribution in [0.3, 0.4) is 0 Å². The number of ether oxygens (including phenoxy) is 1. The summed E-state index contributed by atoms with van der Waals surface area (Å²) in [6.45, 7) is 0.812. The van der Waals surface area contributed by atoms with Crippen molar-refractivity contribution in [2.45, 2.75) is 6.04 Å². The lowest BCUT2D eigenvalue weighted by atomic mass is 10.0. The second kappa shape index (κ2) is 4.05. The van der Waals surface area contributed by atoms with E-state index in [0.717, 1.165) is 29.2 Å². The molecule has 3 rings (SSSR count). The van der Waals surface area contributed by atoms with Gasteiger partial charge in [-0.1, -0.05) is 18.2 Å². The summed E-state index contributed by atoms with van der Waals surface area (Å²) in [7, 11) is 1.69. The van der Waals surface area contributed by atoms with Crippen molar-refractivity contribution in [1.82, 2.24) is 0 Å². The van der Waals surface area contributed by atoms with E-state index < -0.39 is 0 Å². The van der Waals surface area contributed by atoms with Crippen LogP contribution < -0.4 is 15.4 Å². The van der Waals surface area contributed by atoms with Crippen molar-refractivity contribution in [2.24, 2.45) is 0 Å². The fourth-order valence-electron chi connectivity index (χ4n) is 2.14. The molecule has 1 aromatic carbocycles. The lowest BCUT2D eigenvalue weighted by Gasteiger charge is -2.26. The fraction of sp³-hybridized carbons (Fsp3) is 0.231. The highest BCUT2D eigenvalue weighted by atomic mass is 16.5. The fourth-order valence-corrected chi connectivity index (χ4v) is 2.14. The molecule has 2 aromatic rings. The van der Waals surface area contributed by atoms with E-state index in [1.807, 2.05) is 18.2 Å². The molecule has 2 N–H and O–H groups in total. The maximum Gasteiger partial charge on any atom is 0.124 e. The molecule has 0 bridgehead atoms. The molecule has 0 radical (unpaired) electrons. The van der Waals surface area contributed by atoms with Crippen molar-refractivity contribution in [3.8, 4) is 5.75 Å². The molecule has 0 aliphatic carbocycles. The van der Waals surface area contributed by atoms with E-state index in [1.165, 1.54) is 0 Å². The van der Waals surface area contributed by atoms with Crippen molar-refractivity contribution >= 4 is 11.4 Å². The molecule has 1 unspecified atom stereocenters. The zero-order valence-electron chi connectivity index (χ0n) is 9.57. The molecule has 0 amide bonds. The first-order valence-electron chi connectivity index (χ1n) is 5.58. The topological polar surface area (TPSA) is 46.4 Å². The molecule has 1 atom stereocenters. The zero-order valence-corrected chi connectivity index (χ0v) is 9.57. The molecule has 17 heavy (non-hydrogen) atoms. The van der Waals surface area contributed by atoms with Gasteiger partial charge in [-0.15, -0.1) is 0 Å². The van der Waals surface area contributed by atoms with Crippen molar-refractivity contribution in [2.75, 3.05) is 24.3 Å². The lowest BCUT2D eigenvalue weighted by Crippen LogP contribution is -2.25. The van der Waals surface area contributed by atoms with Crippen LogP contribution in [0.4, 0.5) is 11.4 Å². The smallest absolute Gasteiger partial charge is 0.124 e. The Hall–Kier alpha value is -2.10. The first-order chi connectivity index (χ1) is 8.38. The number of benzene rings is 1. The van der Waals surface area contributed by atoms with E-state index >= 15 is 0 Å². The highest BCUT2D eigenvalue weighted by Crippen LogP contribution is 2.35. The monoisotopic (exact) mass is 230 g/mol. The summed E-state index contributed by atoms with van der Waals surface area (Å²) in [5.74, 6) is 0.902. The maximum atomic E-state index is 5.38. The van der Waals surface area contributed by atoms with Crippen LogP contribution in [-0.4, -0.2) is 13.7 Å². The molecule has 1 aromatic heterocycles. The Morgan fingerprint density at radius 1 is 1.24 bits per heavy atom. The van der Waals surface area contributed by atoms with Crippen LogP contribution in [0.2, 0.25) is 0 Å². The Bertz CT molecular complexity index is 522. The highest BCUT2D eigenvalue weighted by Gasteiger charge is 2.22. The Balaban J connectivity index is 1.91. The van der Waals surface area contributed by atoms with Crippen molar-refractivity contribution < 1.29 is 9.15 Å². The van der Waals surface area contributed by atoms with Gasteiger partial charge in [0.05, 0.1) is 24.5 Å². The van der Waals surface area contributed by atoms with Crippen LogP contribution in [0.1, 0.15) is 11.6 Å². The third-order valence-electron chi connectivity index (χ3n) is 3.00. The Kier molecular flexibility index (Phi) is 2.40. The predicted molar refractivity (Wildman–Crippen MR) is 66.6 cm³/mol. The van der Waals surface area contributed by atoms with E-state index in [-0.39, 0.29) is 6.04 Å². The average molecular weight is 230 g/mol. The van der Waals surface area contributed by atoms with E-state index in [4.69, 9.17) is 9.15 Å². The van der Waals surface area contributed by atoms with Crippen LogP contribution >= 0.6 is 0 Å². The molecule has 1 aliphatic rings. The van der Waals surface area contributed by atoms with Gasteiger partial charge in [-0.05, 0) is 6.07 Å². The van der Waals surface area contributed by atoms with Gasteiger partial charge in [0.15, 0.2) is 0 Å². The van der Waals surface area contributed by atoms with Crippen LogP contribution in [0.25, 0.3) is 0 Å². The van der Waals surface area contributed by atoms with Gasteiger partial charge in [0, 0.05) is 12.1 Å². The summed E-state index contributed by atoms with van der Waals surface area (Å²) in [5.41, 5.74) is 3.15. The SMILES string of the molecule is COc1ccccc1C1CNc2cocc2N1. The quantitative estimate of drug-likeness (QED) is 0.832. The summed E-state index contributed by atoms with van der Waals surface area (Å²) in [6.07, 6.45) is 3.42. The molecule has 4 nitrogen and oxygen atoms in total. The van der Waals surface area contributed by atoms with E-state index in [9.17, 15) is 0 Å². The Morgan fingerprint density at radius 3 is 2.94 bits per heavy atom. The number of fused-ring (bicyclic) bond motifs is 1. The second-order valence-electron chi connectivity index (χ2n) is 4.02. The summed E-state index contributed by atoms with van der Waals surface area (Å²) in [5, 5.41) is 6.76. The van der Waals surface area contributed by atoms with Gasteiger partial charge < -0.3 is 19.8 Å². The number of hydrogen-bond acceptors (Lipinski definition) is 4. The normalized spacial score (nSPS) is 17.8. The Morgan fingerprint density at radius 2 is 2.06 bits per heavy atom. The minimum Gasteiger partial charge on any atom is -0.496 e. The molecule has 2 heterocycles. The predicted octanol–water partition coefficient (Wildman–Crippen LogP) is 2.87. The molecule has 88 valence electrons.